The van der Waals surface area contributed by atoms with Gasteiger partial charge in [-0.2, -0.15) is 0 Å². The minimum Gasteiger partial charge on any atom is -0.497 e. The molecule has 2 fully saturated rings. The molecule has 0 atom stereocenters. The first-order valence-corrected chi connectivity index (χ1v) is 14.6. The zero-order valence-electron chi connectivity index (χ0n) is 22.1. The molecule has 4 rings (SSSR count). The van der Waals surface area contributed by atoms with Crippen LogP contribution >= 0.6 is 0 Å². The molecule has 2 saturated heterocycles. The van der Waals surface area contributed by atoms with Crippen LogP contribution < -0.4 is 4.74 Å². The van der Waals surface area contributed by atoms with Gasteiger partial charge in [-0.1, -0.05) is 18.7 Å². The van der Waals surface area contributed by atoms with Gasteiger partial charge in [0, 0.05) is 19.1 Å². The number of likely N-dealkylation sites (tertiary alicyclic amines) is 2. The number of allylic oxidation sites excluding steroid dienone is 1. The summed E-state index contributed by atoms with van der Waals surface area (Å²) in [7, 11) is -2.04. The molecule has 0 spiro atoms. The van der Waals surface area contributed by atoms with Gasteiger partial charge >= 0.3 is 6.09 Å². The minimum absolute atomic E-state index is 0.0913. The number of carbonyl (C=O) groups is 1. The molecule has 2 aliphatic rings. The van der Waals surface area contributed by atoms with Gasteiger partial charge < -0.3 is 19.3 Å². The summed E-state index contributed by atoms with van der Waals surface area (Å²) in [5.74, 6) is 0.995. The molecule has 7 nitrogen and oxygen atoms in total. The van der Waals surface area contributed by atoms with E-state index < -0.39 is 9.84 Å². The molecule has 2 aliphatic heterocycles. The Kier molecular flexibility index (Phi) is 8.60. The van der Waals surface area contributed by atoms with E-state index in [0.717, 1.165) is 63.0 Å². The summed E-state index contributed by atoms with van der Waals surface area (Å²) in [6.45, 7) is 11.6. The van der Waals surface area contributed by atoms with E-state index in [-0.39, 0.29) is 22.0 Å². The van der Waals surface area contributed by atoms with Crippen molar-refractivity contribution < 1.29 is 22.7 Å². The second kappa shape index (κ2) is 11.7. The van der Waals surface area contributed by atoms with Crippen LogP contribution in [-0.2, 0) is 14.6 Å². The van der Waals surface area contributed by atoms with Gasteiger partial charge in [0.15, 0.2) is 0 Å². The number of rotatable bonds is 7. The molecule has 0 aliphatic carbocycles. The lowest BCUT2D eigenvalue weighted by Crippen LogP contribution is -2.49. The molecule has 2 heterocycles. The van der Waals surface area contributed by atoms with E-state index in [1.807, 2.05) is 30.9 Å². The van der Waals surface area contributed by atoms with Crippen molar-refractivity contribution in [3.8, 4) is 5.75 Å². The van der Waals surface area contributed by atoms with Gasteiger partial charge in [-0.25, -0.2) is 13.2 Å². The largest absolute Gasteiger partial charge is 0.497 e. The summed E-state index contributed by atoms with van der Waals surface area (Å²) in [6.07, 6.45) is 3.71. The van der Waals surface area contributed by atoms with Crippen LogP contribution in [0.15, 0.2) is 64.9 Å². The number of carbonyl (C=O) groups excluding carboxylic acids is 1. The van der Waals surface area contributed by atoms with Crippen LogP contribution in [-0.4, -0.2) is 69.7 Å². The molecule has 2 aromatic rings. The highest BCUT2D eigenvalue weighted by Gasteiger charge is 2.31. The number of hydrogen-bond donors (Lipinski definition) is 0. The average molecular weight is 527 g/mol. The van der Waals surface area contributed by atoms with Crippen molar-refractivity contribution in [1.82, 2.24) is 9.80 Å². The van der Waals surface area contributed by atoms with Crippen molar-refractivity contribution in [2.75, 3.05) is 33.3 Å². The van der Waals surface area contributed by atoms with Crippen LogP contribution in [0.5, 0.6) is 5.75 Å². The molecule has 0 radical (unpaired) electrons. The van der Waals surface area contributed by atoms with E-state index in [4.69, 9.17) is 9.47 Å². The van der Waals surface area contributed by atoms with Crippen molar-refractivity contribution in [1.29, 1.82) is 0 Å². The molecule has 1 amide bonds. The predicted molar refractivity (Wildman–Crippen MR) is 144 cm³/mol. The van der Waals surface area contributed by atoms with Gasteiger partial charge in [-0.3, -0.25) is 0 Å². The van der Waals surface area contributed by atoms with E-state index >= 15 is 0 Å². The Morgan fingerprint density at radius 2 is 1.43 bits per heavy atom. The van der Waals surface area contributed by atoms with Crippen molar-refractivity contribution in [3.63, 3.8) is 0 Å². The number of ether oxygens (including phenoxy) is 2. The highest BCUT2D eigenvalue weighted by molar-refractivity contribution is 7.91. The van der Waals surface area contributed by atoms with E-state index in [1.165, 1.54) is 0 Å². The lowest BCUT2D eigenvalue weighted by atomic mass is 9.85. The molecule has 200 valence electrons. The zero-order chi connectivity index (χ0) is 26.6. The Bertz CT molecular complexity index is 1180. The van der Waals surface area contributed by atoms with Crippen molar-refractivity contribution >= 4 is 21.5 Å². The smallest absolute Gasteiger partial charge is 0.410 e. The van der Waals surface area contributed by atoms with Crippen molar-refractivity contribution in [2.24, 2.45) is 5.92 Å². The fourth-order valence-corrected chi connectivity index (χ4v) is 6.54. The Balaban J connectivity index is 1.30. The third-order valence-corrected chi connectivity index (χ3v) is 9.29. The summed E-state index contributed by atoms with van der Waals surface area (Å²) < 4.78 is 36.5. The van der Waals surface area contributed by atoms with Crippen LogP contribution in [0.4, 0.5) is 4.79 Å². The minimum atomic E-state index is -3.59. The van der Waals surface area contributed by atoms with E-state index in [1.54, 1.807) is 43.5 Å². The maximum atomic E-state index is 13.0. The second-order valence-corrected chi connectivity index (χ2v) is 12.1. The monoisotopic (exact) mass is 526 g/mol. The number of benzene rings is 2. The van der Waals surface area contributed by atoms with Crippen LogP contribution in [0.1, 0.15) is 45.1 Å². The number of methoxy groups -OCH3 is 1. The van der Waals surface area contributed by atoms with E-state index in [9.17, 15) is 13.2 Å². The summed E-state index contributed by atoms with van der Waals surface area (Å²) in [6, 6.07) is 14.0. The molecular weight excluding hydrogens is 488 g/mol. The molecule has 8 heteroatoms. The third-order valence-electron chi connectivity index (χ3n) is 7.50. The average Bonchev–Trinajstić information content (AvgIpc) is 2.92. The maximum Gasteiger partial charge on any atom is 0.410 e. The van der Waals surface area contributed by atoms with Crippen molar-refractivity contribution in [2.45, 2.75) is 61.5 Å². The Morgan fingerprint density at radius 3 is 1.95 bits per heavy atom. The normalized spacial score (nSPS) is 18.1. The fourth-order valence-electron chi connectivity index (χ4n) is 5.28. The Hall–Kier alpha value is -2.84. The summed E-state index contributed by atoms with van der Waals surface area (Å²) in [4.78, 5) is 17.1. The first-order chi connectivity index (χ1) is 17.7. The number of piperidine rings is 2. The van der Waals surface area contributed by atoms with E-state index in [2.05, 4.69) is 11.5 Å². The fraction of sp³-hybridized carbons (Fsp3) is 0.483. The summed E-state index contributed by atoms with van der Waals surface area (Å²) >= 11 is 0. The van der Waals surface area contributed by atoms with Gasteiger partial charge in [0.2, 0.25) is 9.84 Å². The third kappa shape index (κ3) is 6.36. The van der Waals surface area contributed by atoms with Gasteiger partial charge in [0.05, 0.1) is 23.0 Å². The maximum absolute atomic E-state index is 13.0. The molecule has 0 N–H and O–H groups in total. The zero-order valence-corrected chi connectivity index (χ0v) is 22.9. The molecule has 37 heavy (non-hydrogen) atoms. The van der Waals surface area contributed by atoms with Gasteiger partial charge in [-0.05, 0) is 106 Å². The molecule has 2 aromatic carbocycles. The first kappa shape index (κ1) is 27.2. The van der Waals surface area contributed by atoms with Crippen LogP contribution in [0.25, 0.3) is 5.57 Å². The Labute approximate surface area is 221 Å². The molecule has 0 bridgehead atoms. The summed E-state index contributed by atoms with van der Waals surface area (Å²) in [5, 5.41) is 0. The quantitative estimate of drug-likeness (QED) is 0.490. The van der Waals surface area contributed by atoms with Crippen molar-refractivity contribution in [3.05, 3.63) is 60.7 Å². The van der Waals surface area contributed by atoms with Gasteiger partial charge in [0.1, 0.15) is 5.75 Å². The molecular formula is C29H38N2O5S. The number of amides is 1. The van der Waals surface area contributed by atoms with Crippen LogP contribution in [0.3, 0.4) is 0 Å². The van der Waals surface area contributed by atoms with Crippen LogP contribution in [0.2, 0.25) is 0 Å². The highest BCUT2D eigenvalue weighted by Crippen LogP contribution is 2.33. The SMILES string of the molecule is C=C(c1ccc(S(=O)(=O)c2ccc(OC)cc2)cc1)C1CCN(C2CCN(C(=O)OC(C)C)CC2)CC1. The highest BCUT2D eigenvalue weighted by atomic mass is 32.2. The number of hydrogen-bond acceptors (Lipinski definition) is 6. The lowest BCUT2D eigenvalue weighted by molar-refractivity contribution is 0.0494. The molecule has 0 saturated carbocycles. The second-order valence-electron chi connectivity index (χ2n) is 10.2. The lowest BCUT2D eigenvalue weighted by Gasteiger charge is -2.42. The summed E-state index contributed by atoms with van der Waals surface area (Å²) in [5.41, 5.74) is 2.06. The van der Waals surface area contributed by atoms with E-state index in [0.29, 0.717) is 17.7 Å². The topological polar surface area (TPSA) is 76.2 Å². The predicted octanol–water partition coefficient (Wildman–Crippen LogP) is 5.26. The number of nitrogens with zero attached hydrogens (tertiary/aromatic N) is 2. The standard InChI is InChI=1S/C29H38N2O5S/c1-21(2)36-29(32)31-19-15-25(16-20-31)30-17-13-24(14-18-30)22(3)23-5-9-27(10-6-23)37(33,34)28-11-7-26(35-4)8-12-28/h5-12,21,24-25H,3,13-20H2,1-2,4H3. The van der Waals surface area contributed by atoms with Gasteiger partial charge in [0.25, 0.3) is 0 Å². The van der Waals surface area contributed by atoms with Gasteiger partial charge in [-0.15, -0.1) is 0 Å². The molecule has 0 aromatic heterocycles. The molecule has 0 unspecified atom stereocenters. The first-order valence-electron chi connectivity index (χ1n) is 13.1. The van der Waals surface area contributed by atoms with Crippen LogP contribution in [0, 0.1) is 5.92 Å². The number of sulfone groups is 1. The Morgan fingerprint density at radius 1 is 0.892 bits per heavy atom.